The molecule has 2 aromatic rings. The maximum atomic E-state index is 12.5. The molecule has 126 valence electrons. The molecule has 0 heterocycles. The van der Waals surface area contributed by atoms with Gasteiger partial charge in [-0.2, -0.15) is 0 Å². The molecule has 0 unspecified atom stereocenters. The lowest BCUT2D eigenvalue weighted by molar-refractivity contribution is -0.128. The Kier molecular flexibility index (Phi) is 5.32. The zero-order chi connectivity index (χ0) is 17.1. The van der Waals surface area contributed by atoms with Gasteiger partial charge in [0, 0.05) is 0 Å². The predicted octanol–water partition coefficient (Wildman–Crippen LogP) is 4.95. The summed E-state index contributed by atoms with van der Waals surface area (Å²) in [5.41, 5.74) is 2.51. The van der Waals surface area contributed by atoms with Crippen molar-refractivity contribution in [1.29, 1.82) is 0 Å². The van der Waals surface area contributed by atoms with Crippen LogP contribution in [0.2, 0.25) is 10.0 Å². The maximum absolute atomic E-state index is 12.5. The normalized spacial score (nSPS) is 17.7. The highest BCUT2D eigenvalue weighted by atomic mass is 35.5. The molecule has 1 aliphatic rings. The van der Waals surface area contributed by atoms with E-state index < -0.39 is 6.10 Å². The summed E-state index contributed by atoms with van der Waals surface area (Å²) in [5, 5.41) is 3.82. The zero-order valence-corrected chi connectivity index (χ0v) is 14.9. The van der Waals surface area contributed by atoms with E-state index in [1.807, 2.05) is 12.1 Å². The molecule has 0 aromatic heterocycles. The quantitative estimate of drug-likeness (QED) is 0.833. The highest BCUT2D eigenvalue weighted by Crippen LogP contribution is 2.33. The molecule has 0 bridgehead atoms. The first-order chi connectivity index (χ1) is 11.6. The number of hydrogen-bond acceptors (Lipinski definition) is 2. The van der Waals surface area contributed by atoms with Crippen LogP contribution in [0.5, 0.6) is 5.75 Å². The SMILES string of the molecule is C[C@@H](Oc1cccc(Cl)c1Cl)C(=O)N[C@@H]1CCCc2ccccc21. The first kappa shape index (κ1) is 17.1. The Hall–Kier alpha value is -1.71. The van der Waals surface area contributed by atoms with E-state index in [0.717, 1.165) is 19.3 Å². The van der Waals surface area contributed by atoms with E-state index in [-0.39, 0.29) is 11.9 Å². The summed E-state index contributed by atoms with van der Waals surface area (Å²) in [6.45, 7) is 1.71. The van der Waals surface area contributed by atoms with E-state index in [1.54, 1.807) is 25.1 Å². The number of fused-ring (bicyclic) bond motifs is 1. The summed E-state index contributed by atoms with van der Waals surface area (Å²) in [7, 11) is 0. The first-order valence-electron chi connectivity index (χ1n) is 8.05. The third-order valence-electron chi connectivity index (χ3n) is 4.28. The van der Waals surface area contributed by atoms with Crippen LogP contribution < -0.4 is 10.1 Å². The second-order valence-corrected chi connectivity index (χ2v) is 6.75. The Labute approximate surface area is 151 Å². The maximum Gasteiger partial charge on any atom is 0.261 e. The van der Waals surface area contributed by atoms with Crippen molar-refractivity contribution in [1.82, 2.24) is 5.32 Å². The minimum absolute atomic E-state index is 0.0309. The fraction of sp³-hybridized carbons (Fsp3) is 0.316. The monoisotopic (exact) mass is 363 g/mol. The van der Waals surface area contributed by atoms with Crippen LogP contribution in [0, 0.1) is 0 Å². The van der Waals surface area contributed by atoms with E-state index in [4.69, 9.17) is 27.9 Å². The van der Waals surface area contributed by atoms with Gasteiger partial charge in [-0.15, -0.1) is 0 Å². The molecule has 1 N–H and O–H groups in total. The number of hydrogen-bond donors (Lipinski definition) is 1. The molecule has 1 amide bonds. The molecule has 3 nitrogen and oxygen atoms in total. The average Bonchev–Trinajstić information content (AvgIpc) is 2.59. The topological polar surface area (TPSA) is 38.3 Å². The van der Waals surface area contributed by atoms with Gasteiger partial charge in [0.1, 0.15) is 10.8 Å². The van der Waals surface area contributed by atoms with E-state index in [1.165, 1.54) is 11.1 Å². The van der Waals surface area contributed by atoms with Crippen LogP contribution in [-0.4, -0.2) is 12.0 Å². The lowest BCUT2D eigenvalue weighted by atomic mass is 9.87. The van der Waals surface area contributed by atoms with Crippen molar-refractivity contribution >= 4 is 29.1 Å². The van der Waals surface area contributed by atoms with Gasteiger partial charge < -0.3 is 10.1 Å². The number of nitrogens with one attached hydrogen (secondary N) is 1. The molecule has 1 aliphatic carbocycles. The molecule has 2 atom stereocenters. The van der Waals surface area contributed by atoms with Gasteiger partial charge >= 0.3 is 0 Å². The summed E-state index contributed by atoms with van der Waals surface area (Å²) < 4.78 is 5.69. The Morgan fingerprint density at radius 1 is 1.21 bits per heavy atom. The van der Waals surface area contributed by atoms with Crippen molar-refractivity contribution in [3.63, 3.8) is 0 Å². The highest BCUT2D eigenvalue weighted by Gasteiger charge is 2.24. The van der Waals surface area contributed by atoms with Crippen LogP contribution in [0.1, 0.15) is 36.9 Å². The largest absolute Gasteiger partial charge is 0.479 e. The number of carbonyl (C=O) groups is 1. The molecule has 24 heavy (non-hydrogen) atoms. The molecular weight excluding hydrogens is 345 g/mol. The Bertz CT molecular complexity index is 748. The van der Waals surface area contributed by atoms with Gasteiger partial charge in [-0.25, -0.2) is 0 Å². The van der Waals surface area contributed by atoms with Gasteiger partial charge in [-0.05, 0) is 49.4 Å². The van der Waals surface area contributed by atoms with Gasteiger partial charge in [0.15, 0.2) is 6.10 Å². The van der Waals surface area contributed by atoms with Crippen molar-refractivity contribution in [2.24, 2.45) is 0 Å². The molecule has 5 heteroatoms. The molecule has 0 aliphatic heterocycles. The highest BCUT2D eigenvalue weighted by molar-refractivity contribution is 6.42. The minimum Gasteiger partial charge on any atom is -0.479 e. The van der Waals surface area contributed by atoms with Gasteiger partial charge in [0.05, 0.1) is 11.1 Å². The second-order valence-electron chi connectivity index (χ2n) is 5.96. The molecule has 2 aromatic carbocycles. The number of carbonyl (C=O) groups excluding carboxylic acids is 1. The fourth-order valence-corrected chi connectivity index (χ4v) is 3.35. The molecule has 0 saturated carbocycles. The lowest BCUT2D eigenvalue weighted by Crippen LogP contribution is -2.39. The summed E-state index contributed by atoms with van der Waals surface area (Å²) in [6.07, 6.45) is 2.41. The number of amides is 1. The Morgan fingerprint density at radius 2 is 2.00 bits per heavy atom. The van der Waals surface area contributed by atoms with Crippen LogP contribution in [0.4, 0.5) is 0 Å². The average molecular weight is 364 g/mol. The third kappa shape index (κ3) is 3.68. The summed E-state index contributed by atoms with van der Waals surface area (Å²) in [5.74, 6) is 0.253. The Balaban J connectivity index is 1.68. The van der Waals surface area contributed by atoms with Crippen molar-refractivity contribution < 1.29 is 9.53 Å². The van der Waals surface area contributed by atoms with Gasteiger partial charge in [0.2, 0.25) is 0 Å². The van der Waals surface area contributed by atoms with Crippen LogP contribution in [-0.2, 0) is 11.2 Å². The zero-order valence-electron chi connectivity index (χ0n) is 13.4. The van der Waals surface area contributed by atoms with Crippen LogP contribution in [0.15, 0.2) is 42.5 Å². The van der Waals surface area contributed by atoms with E-state index in [0.29, 0.717) is 15.8 Å². The van der Waals surface area contributed by atoms with Crippen molar-refractivity contribution in [3.05, 3.63) is 63.6 Å². The van der Waals surface area contributed by atoms with Crippen molar-refractivity contribution in [2.45, 2.75) is 38.3 Å². The predicted molar refractivity (Wildman–Crippen MR) is 96.8 cm³/mol. The summed E-state index contributed by atoms with van der Waals surface area (Å²) >= 11 is 12.1. The number of ether oxygens (including phenoxy) is 1. The second kappa shape index (κ2) is 7.45. The third-order valence-corrected chi connectivity index (χ3v) is 5.08. The van der Waals surface area contributed by atoms with Crippen molar-refractivity contribution in [2.75, 3.05) is 0 Å². The van der Waals surface area contributed by atoms with E-state index in [2.05, 4.69) is 17.4 Å². The number of aryl methyl sites for hydroxylation is 1. The minimum atomic E-state index is -0.657. The first-order valence-corrected chi connectivity index (χ1v) is 8.80. The number of halogens is 2. The molecule has 0 fully saturated rings. The van der Waals surface area contributed by atoms with E-state index >= 15 is 0 Å². The smallest absolute Gasteiger partial charge is 0.261 e. The Morgan fingerprint density at radius 3 is 2.83 bits per heavy atom. The number of benzene rings is 2. The molecule has 0 radical (unpaired) electrons. The van der Waals surface area contributed by atoms with Crippen LogP contribution >= 0.6 is 23.2 Å². The van der Waals surface area contributed by atoms with Gasteiger partial charge in [0.25, 0.3) is 5.91 Å². The summed E-state index contributed by atoms with van der Waals surface area (Å²) in [4.78, 5) is 12.5. The fourth-order valence-electron chi connectivity index (χ4n) is 3.01. The van der Waals surface area contributed by atoms with Crippen molar-refractivity contribution in [3.8, 4) is 5.75 Å². The summed E-state index contributed by atoms with van der Waals surface area (Å²) in [6, 6.07) is 13.4. The standard InChI is InChI=1S/C19H19Cl2NO2/c1-12(24-17-11-5-9-15(20)18(17)21)19(23)22-16-10-4-7-13-6-2-3-8-14(13)16/h2-3,5-6,8-9,11-12,16H,4,7,10H2,1H3,(H,22,23)/t12-,16-/m1/s1. The molecule has 3 rings (SSSR count). The van der Waals surface area contributed by atoms with Gasteiger partial charge in [-0.1, -0.05) is 53.5 Å². The lowest BCUT2D eigenvalue weighted by Gasteiger charge is -2.27. The number of rotatable bonds is 4. The van der Waals surface area contributed by atoms with Gasteiger partial charge in [-0.3, -0.25) is 4.79 Å². The molecule has 0 saturated heterocycles. The van der Waals surface area contributed by atoms with Crippen LogP contribution in [0.3, 0.4) is 0 Å². The molecular formula is C19H19Cl2NO2. The molecule has 0 spiro atoms. The van der Waals surface area contributed by atoms with Crippen LogP contribution in [0.25, 0.3) is 0 Å². The van der Waals surface area contributed by atoms with E-state index in [9.17, 15) is 4.79 Å².